The first-order valence-corrected chi connectivity index (χ1v) is 10.2. The summed E-state index contributed by atoms with van der Waals surface area (Å²) in [4.78, 5) is 14.5. The van der Waals surface area contributed by atoms with Crippen molar-refractivity contribution in [2.75, 3.05) is 27.2 Å². The van der Waals surface area contributed by atoms with Crippen LogP contribution in [0.15, 0.2) is 72.8 Å². The maximum absolute atomic E-state index is 12.5. The Labute approximate surface area is 182 Å². The highest BCUT2D eigenvalue weighted by atomic mass is 16.1. The number of rotatable bonds is 5. The summed E-state index contributed by atoms with van der Waals surface area (Å²) < 4.78 is 0. The second-order valence-corrected chi connectivity index (χ2v) is 7.55. The molecule has 0 spiro atoms. The number of aromatic nitrogens is 2. The third kappa shape index (κ3) is 4.82. The van der Waals surface area contributed by atoms with Crippen molar-refractivity contribution in [3.8, 4) is 23.0 Å². The standard InChI is InChI=1S/C26H24N4O/c1-30(2)17-16-27-26(31)21-13-15-25-23(18-21)24(28-29-25)14-12-20-10-6-7-11-22(20)19-8-4-3-5-9-19/h3-11,13,15,18H,16-17H2,1-2H3,(H,27,31)(H,28,29). The molecule has 0 unspecified atom stereocenters. The van der Waals surface area contributed by atoms with E-state index in [1.807, 2.05) is 67.5 Å². The molecule has 0 atom stereocenters. The van der Waals surface area contributed by atoms with Crippen LogP contribution in [0.2, 0.25) is 0 Å². The van der Waals surface area contributed by atoms with Gasteiger partial charge in [0.1, 0.15) is 5.69 Å². The van der Waals surface area contributed by atoms with E-state index in [0.29, 0.717) is 17.8 Å². The molecular formula is C26H24N4O. The number of carbonyl (C=O) groups is 1. The van der Waals surface area contributed by atoms with Crippen LogP contribution in [0.3, 0.4) is 0 Å². The highest BCUT2D eigenvalue weighted by Crippen LogP contribution is 2.23. The van der Waals surface area contributed by atoms with Crippen LogP contribution in [-0.4, -0.2) is 48.2 Å². The average molecular weight is 409 g/mol. The minimum absolute atomic E-state index is 0.0988. The Kier molecular flexibility index (Phi) is 6.11. The summed E-state index contributed by atoms with van der Waals surface area (Å²) in [5.74, 6) is 6.39. The molecule has 1 aromatic heterocycles. The Hall–Kier alpha value is -3.88. The number of fused-ring (bicyclic) bond motifs is 1. The van der Waals surface area contributed by atoms with Gasteiger partial charge in [0.25, 0.3) is 5.91 Å². The maximum atomic E-state index is 12.5. The van der Waals surface area contributed by atoms with E-state index >= 15 is 0 Å². The van der Waals surface area contributed by atoms with Crippen LogP contribution in [-0.2, 0) is 0 Å². The molecule has 5 nitrogen and oxygen atoms in total. The van der Waals surface area contributed by atoms with E-state index in [0.717, 1.165) is 34.1 Å². The third-order valence-electron chi connectivity index (χ3n) is 4.99. The Morgan fingerprint density at radius 2 is 1.77 bits per heavy atom. The van der Waals surface area contributed by atoms with Crippen molar-refractivity contribution in [3.05, 3.63) is 89.6 Å². The lowest BCUT2D eigenvalue weighted by molar-refractivity contribution is 0.0951. The Balaban J connectivity index is 1.63. The van der Waals surface area contributed by atoms with Crippen molar-refractivity contribution < 1.29 is 4.79 Å². The molecule has 1 amide bonds. The number of hydrogen-bond donors (Lipinski definition) is 2. The molecule has 3 aromatic carbocycles. The molecule has 0 saturated heterocycles. The minimum Gasteiger partial charge on any atom is -0.351 e. The number of nitrogens with one attached hydrogen (secondary N) is 2. The first-order valence-electron chi connectivity index (χ1n) is 10.2. The maximum Gasteiger partial charge on any atom is 0.251 e. The number of hydrogen-bond acceptors (Lipinski definition) is 3. The number of likely N-dealkylation sites (N-methyl/N-ethyl adjacent to an activating group) is 1. The molecule has 31 heavy (non-hydrogen) atoms. The fourth-order valence-corrected chi connectivity index (χ4v) is 3.33. The zero-order valence-electron chi connectivity index (χ0n) is 17.6. The summed E-state index contributed by atoms with van der Waals surface area (Å²) >= 11 is 0. The first kappa shape index (κ1) is 20.4. The molecule has 0 aliphatic heterocycles. The number of carbonyl (C=O) groups excluding carboxylic acids is 1. The van der Waals surface area contributed by atoms with Gasteiger partial charge >= 0.3 is 0 Å². The van der Waals surface area contributed by atoms with Crippen LogP contribution < -0.4 is 5.32 Å². The summed E-state index contributed by atoms with van der Waals surface area (Å²) in [7, 11) is 3.95. The molecule has 0 saturated carbocycles. The van der Waals surface area contributed by atoms with Gasteiger partial charge in [-0.15, -0.1) is 0 Å². The fourth-order valence-electron chi connectivity index (χ4n) is 3.33. The zero-order chi connectivity index (χ0) is 21.6. The molecule has 0 bridgehead atoms. The molecule has 1 heterocycles. The third-order valence-corrected chi connectivity index (χ3v) is 4.99. The highest BCUT2D eigenvalue weighted by Gasteiger charge is 2.10. The first-order chi connectivity index (χ1) is 15.1. The summed E-state index contributed by atoms with van der Waals surface area (Å²) in [5, 5.41) is 11.1. The Morgan fingerprint density at radius 1 is 1.00 bits per heavy atom. The lowest BCUT2D eigenvalue weighted by Crippen LogP contribution is -2.31. The number of benzene rings is 3. The number of amides is 1. The summed E-state index contributed by atoms with van der Waals surface area (Å²) in [6.45, 7) is 1.38. The topological polar surface area (TPSA) is 61.0 Å². The monoisotopic (exact) mass is 408 g/mol. The van der Waals surface area contributed by atoms with Crippen molar-refractivity contribution in [2.45, 2.75) is 0 Å². The van der Waals surface area contributed by atoms with Crippen LogP contribution >= 0.6 is 0 Å². The largest absolute Gasteiger partial charge is 0.351 e. The predicted octanol–water partition coefficient (Wildman–Crippen LogP) is 3.92. The fraction of sp³-hybridized carbons (Fsp3) is 0.154. The van der Waals surface area contributed by atoms with E-state index in [4.69, 9.17) is 0 Å². The molecule has 0 fully saturated rings. The van der Waals surface area contributed by atoms with Gasteiger partial charge in [-0.2, -0.15) is 5.10 Å². The zero-order valence-corrected chi connectivity index (χ0v) is 17.6. The second kappa shape index (κ2) is 9.29. The Bertz CT molecular complexity index is 1260. The minimum atomic E-state index is -0.0988. The quantitative estimate of drug-likeness (QED) is 0.492. The van der Waals surface area contributed by atoms with E-state index in [9.17, 15) is 4.79 Å². The van der Waals surface area contributed by atoms with Crippen molar-refractivity contribution in [2.24, 2.45) is 0 Å². The van der Waals surface area contributed by atoms with Crippen molar-refractivity contribution in [1.29, 1.82) is 0 Å². The van der Waals surface area contributed by atoms with Gasteiger partial charge in [0.2, 0.25) is 0 Å². The van der Waals surface area contributed by atoms with Gasteiger partial charge in [0.15, 0.2) is 0 Å². The lowest BCUT2D eigenvalue weighted by Gasteiger charge is -2.10. The molecule has 0 radical (unpaired) electrons. The SMILES string of the molecule is CN(C)CCNC(=O)c1ccc2n[nH]c(C#Cc3ccccc3-c3ccccc3)c2c1. The average Bonchev–Trinajstić information content (AvgIpc) is 3.20. The van der Waals surface area contributed by atoms with Crippen LogP contribution in [0, 0.1) is 11.8 Å². The van der Waals surface area contributed by atoms with Gasteiger partial charge in [-0.25, -0.2) is 0 Å². The highest BCUT2D eigenvalue weighted by molar-refractivity contribution is 5.99. The van der Waals surface area contributed by atoms with E-state index in [-0.39, 0.29) is 5.91 Å². The molecule has 4 aromatic rings. The van der Waals surface area contributed by atoms with Crippen molar-refractivity contribution in [1.82, 2.24) is 20.4 Å². The van der Waals surface area contributed by atoms with Gasteiger partial charge in [0.05, 0.1) is 5.52 Å². The van der Waals surface area contributed by atoms with E-state index < -0.39 is 0 Å². The normalized spacial score (nSPS) is 10.7. The summed E-state index contributed by atoms with van der Waals surface area (Å²) in [6, 6.07) is 23.8. The van der Waals surface area contributed by atoms with E-state index in [1.54, 1.807) is 6.07 Å². The molecule has 2 N–H and O–H groups in total. The predicted molar refractivity (Wildman–Crippen MR) is 125 cm³/mol. The van der Waals surface area contributed by atoms with E-state index in [1.165, 1.54) is 0 Å². The molecule has 154 valence electrons. The number of aromatic amines is 1. The molecular weight excluding hydrogens is 384 g/mol. The Morgan fingerprint density at radius 3 is 2.58 bits per heavy atom. The molecule has 0 aliphatic rings. The van der Waals surface area contributed by atoms with Gasteiger partial charge in [0, 0.05) is 29.6 Å². The van der Waals surface area contributed by atoms with Crippen LogP contribution in [0.4, 0.5) is 0 Å². The van der Waals surface area contributed by atoms with Crippen molar-refractivity contribution in [3.63, 3.8) is 0 Å². The summed E-state index contributed by atoms with van der Waals surface area (Å²) in [5.41, 5.74) is 5.22. The van der Waals surface area contributed by atoms with Gasteiger partial charge in [-0.05, 0) is 55.4 Å². The van der Waals surface area contributed by atoms with Crippen LogP contribution in [0.25, 0.3) is 22.0 Å². The molecule has 4 rings (SSSR count). The van der Waals surface area contributed by atoms with E-state index in [2.05, 4.69) is 45.6 Å². The smallest absolute Gasteiger partial charge is 0.251 e. The molecule has 5 heteroatoms. The summed E-state index contributed by atoms with van der Waals surface area (Å²) in [6.07, 6.45) is 0. The van der Waals surface area contributed by atoms with Crippen molar-refractivity contribution >= 4 is 16.8 Å². The number of H-pyrrole nitrogens is 1. The second-order valence-electron chi connectivity index (χ2n) is 7.55. The molecule has 0 aliphatic carbocycles. The van der Waals surface area contributed by atoms with Gasteiger partial charge in [-0.3, -0.25) is 9.89 Å². The van der Waals surface area contributed by atoms with Crippen LogP contribution in [0.5, 0.6) is 0 Å². The lowest BCUT2D eigenvalue weighted by atomic mass is 10.00. The number of nitrogens with zero attached hydrogens (tertiary/aromatic N) is 2. The van der Waals surface area contributed by atoms with Crippen LogP contribution in [0.1, 0.15) is 21.6 Å². The van der Waals surface area contributed by atoms with Gasteiger partial charge in [-0.1, -0.05) is 54.5 Å². The van der Waals surface area contributed by atoms with Gasteiger partial charge < -0.3 is 10.2 Å².